The Morgan fingerprint density at radius 3 is 2.49 bits per heavy atom. The number of fused-ring (bicyclic) bond motifs is 2. The average molecular weight is 580 g/mol. The van der Waals surface area contributed by atoms with Gasteiger partial charge in [0.1, 0.15) is 6.26 Å². The van der Waals surface area contributed by atoms with Gasteiger partial charge in [0.2, 0.25) is 0 Å². The van der Waals surface area contributed by atoms with Crippen LogP contribution in [0.5, 0.6) is 0 Å². The summed E-state index contributed by atoms with van der Waals surface area (Å²) in [5, 5.41) is 15.4. The molecule has 1 aromatic heterocycles. The Morgan fingerprint density at radius 2 is 1.85 bits per heavy atom. The van der Waals surface area contributed by atoms with Crippen LogP contribution in [0.3, 0.4) is 0 Å². The highest BCUT2D eigenvalue weighted by Crippen LogP contribution is 2.59. The number of anilines is 1. The number of hydrogen-bond acceptors (Lipinski definition) is 7. The van der Waals surface area contributed by atoms with Crippen LogP contribution in [0.2, 0.25) is 5.02 Å². The van der Waals surface area contributed by atoms with Crippen LogP contribution in [0.4, 0.5) is 14.5 Å². The third kappa shape index (κ3) is 4.81. The van der Waals surface area contributed by atoms with E-state index in [2.05, 4.69) is 15.6 Å². The van der Waals surface area contributed by atoms with E-state index in [-0.39, 0.29) is 52.4 Å². The number of sulfone groups is 1. The highest BCUT2D eigenvalue weighted by molar-refractivity contribution is 7.92. The van der Waals surface area contributed by atoms with Crippen LogP contribution in [-0.2, 0) is 9.84 Å². The molecule has 6 rings (SSSR count). The predicted octanol–water partition coefficient (Wildman–Crippen LogP) is 3.84. The van der Waals surface area contributed by atoms with E-state index in [9.17, 15) is 31.9 Å². The molecule has 2 amide bonds. The van der Waals surface area contributed by atoms with Crippen molar-refractivity contribution in [3.05, 3.63) is 77.0 Å². The minimum absolute atomic E-state index is 0.00572. The summed E-state index contributed by atoms with van der Waals surface area (Å²) in [5.41, 5.74) is -1.33. The molecule has 206 valence electrons. The fraction of sp³-hybridized carbons (Fsp3) is 0.346. The van der Waals surface area contributed by atoms with Crippen molar-refractivity contribution in [2.24, 2.45) is 17.8 Å². The Labute approximate surface area is 227 Å². The molecule has 2 unspecified atom stereocenters. The van der Waals surface area contributed by atoms with E-state index < -0.39 is 56.0 Å². The number of nitrogens with one attached hydrogen (secondary N) is 2. The molecule has 3 saturated carbocycles. The zero-order valence-electron chi connectivity index (χ0n) is 20.5. The smallest absolute Gasteiger partial charge is 0.307 e. The molecule has 3 aromatic rings. The fourth-order valence-electron chi connectivity index (χ4n) is 5.82. The lowest BCUT2D eigenvalue weighted by Gasteiger charge is -2.62. The predicted molar refractivity (Wildman–Crippen MR) is 136 cm³/mol. The van der Waals surface area contributed by atoms with Gasteiger partial charge in [-0.3, -0.25) is 9.59 Å². The van der Waals surface area contributed by atoms with Gasteiger partial charge in [-0.25, -0.2) is 22.2 Å². The normalized spacial score (nSPS) is 26.0. The fourth-order valence-corrected chi connectivity index (χ4v) is 8.17. The lowest BCUT2D eigenvalue weighted by Crippen LogP contribution is -2.70. The van der Waals surface area contributed by atoms with Crippen LogP contribution in [0.25, 0.3) is 0 Å². The van der Waals surface area contributed by atoms with Gasteiger partial charge >= 0.3 is 5.91 Å². The van der Waals surface area contributed by atoms with Gasteiger partial charge in [0.15, 0.2) is 21.5 Å². The molecule has 2 bridgehead atoms. The summed E-state index contributed by atoms with van der Waals surface area (Å²) in [6, 6.07) is 6.61. The van der Waals surface area contributed by atoms with E-state index in [1.165, 1.54) is 30.7 Å². The first-order valence-electron chi connectivity index (χ1n) is 12.1. The molecule has 1 heterocycles. The lowest BCUT2D eigenvalue weighted by molar-refractivity contribution is -0.211. The zero-order chi connectivity index (χ0) is 28.1. The SMILES string of the molecule is C[C@H]1C2CC(S(=O)(=O)c3cc(C(=O)Nc4ccc(F)c(F)c4)ccc3Cl)CC1[C@@]2(O)CNC(=O)c1ncco1. The molecule has 2 aromatic carbocycles. The second-order valence-electron chi connectivity index (χ2n) is 9.95. The summed E-state index contributed by atoms with van der Waals surface area (Å²) in [4.78, 5) is 28.5. The Morgan fingerprint density at radius 1 is 1.13 bits per heavy atom. The van der Waals surface area contributed by atoms with Gasteiger partial charge in [0.25, 0.3) is 11.8 Å². The number of aliphatic hydroxyl groups is 1. The first-order chi connectivity index (χ1) is 18.4. The van der Waals surface area contributed by atoms with Gasteiger partial charge in [-0.05, 0) is 60.9 Å². The van der Waals surface area contributed by atoms with E-state index in [1.54, 1.807) is 0 Å². The maximum absolute atomic E-state index is 13.6. The maximum atomic E-state index is 13.6. The summed E-state index contributed by atoms with van der Waals surface area (Å²) in [5.74, 6) is -4.45. The quantitative estimate of drug-likeness (QED) is 0.386. The molecule has 3 fully saturated rings. The Kier molecular flexibility index (Phi) is 6.98. The molecule has 0 saturated heterocycles. The molecule has 2 atom stereocenters. The standard InChI is InChI=1S/C26H24ClF2N3O6S/c1-13-17-10-16(11-18(13)26(17,35)12-31-24(34)25-30-6-7-38-25)39(36,37)22-8-14(2-4-19(22)27)23(33)32-15-3-5-20(28)21(29)9-15/h2-9,13,16-18,35H,10-12H2,1H3,(H,31,34)(H,32,33)/t13-,16?,17?,18?,26+. The van der Waals surface area contributed by atoms with Crippen molar-refractivity contribution in [2.75, 3.05) is 11.9 Å². The molecule has 3 N–H and O–H groups in total. The third-order valence-electron chi connectivity index (χ3n) is 7.86. The van der Waals surface area contributed by atoms with Gasteiger partial charge < -0.3 is 20.2 Å². The molecule has 39 heavy (non-hydrogen) atoms. The van der Waals surface area contributed by atoms with Crippen LogP contribution in [0, 0.1) is 29.4 Å². The number of benzene rings is 2. The summed E-state index contributed by atoms with van der Waals surface area (Å²) < 4.78 is 59.0. The molecule has 3 aliphatic rings. The monoisotopic (exact) mass is 579 g/mol. The summed E-state index contributed by atoms with van der Waals surface area (Å²) in [6.07, 6.45) is 2.84. The summed E-state index contributed by atoms with van der Waals surface area (Å²) >= 11 is 6.25. The van der Waals surface area contributed by atoms with E-state index in [4.69, 9.17) is 16.0 Å². The van der Waals surface area contributed by atoms with Gasteiger partial charge in [-0.1, -0.05) is 18.5 Å². The van der Waals surface area contributed by atoms with Crippen molar-refractivity contribution < 1.29 is 36.3 Å². The minimum atomic E-state index is -4.02. The van der Waals surface area contributed by atoms with Crippen molar-refractivity contribution in [2.45, 2.75) is 35.5 Å². The molecular weight excluding hydrogens is 556 g/mol. The first kappa shape index (κ1) is 27.2. The molecule has 3 aliphatic carbocycles. The van der Waals surface area contributed by atoms with E-state index >= 15 is 0 Å². The number of hydrogen-bond donors (Lipinski definition) is 3. The third-order valence-corrected chi connectivity index (χ3v) is 10.5. The Hall–Kier alpha value is -3.35. The number of nitrogens with zero attached hydrogens (tertiary/aromatic N) is 1. The van der Waals surface area contributed by atoms with Gasteiger partial charge in [-0.15, -0.1) is 0 Å². The number of halogens is 3. The number of carbonyl (C=O) groups excluding carboxylic acids is 2. The van der Waals surface area contributed by atoms with E-state index in [1.807, 2.05) is 6.92 Å². The van der Waals surface area contributed by atoms with Crippen molar-refractivity contribution in [3.63, 3.8) is 0 Å². The first-order valence-corrected chi connectivity index (χ1v) is 14.0. The number of amides is 2. The number of rotatable bonds is 7. The second kappa shape index (κ2) is 10.00. The van der Waals surface area contributed by atoms with Crippen molar-refractivity contribution in [3.8, 4) is 0 Å². The van der Waals surface area contributed by atoms with Gasteiger partial charge in [-0.2, -0.15) is 0 Å². The molecule has 0 spiro atoms. The van der Waals surface area contributed by atoms with Gasteiger partial charge in [0.05, 0.1) is 27.0 Å². The summed E-state index contributed by atoms with van der Waals surface area (Å²) in [6.45, 7) is 1.85. The molecule has 0 aliphatic heterocycles. The zero-order valence-corrected chi connectivity index (χ0v) is 22.1. The Balaban J connectivity index is 1.31. The largest absolute Gasteiger partial charge is 0.441 e. The average Bonchev–Trinajstić information content (AvgIpc) is 3.45. The van der Waals surface area contributed by atoms with Crippen LogP contribution in [0.1, 0.15) is 40.8 Å². The maximum Gasteiger partial charge on any atom is 0.307 e. The summed E-state index contributed by atoms with van der Waals surface area (Å²) in [7, 11) is -4.02. The molecule has 9 nitrogen and oxygen atoms in total. The van der Waals surface area contributed by atoms with Crippen LogP contribution >= 0.6 is 11.6 Å². The Bertz CT molecular complexity index is 1530. The highest BCUT2D eigenvalue weighted by Gasteiger charge is 2.64. The minimum Gasteiger partial charge on any atom is -0.441 e. The van der Waals surface area contributed by atoms with Crippen LogP contribution in [0.15, 0.2) is 58.2 Å². The van der Waals surface area contributed by atoms with Crippen molar-refractivity contribution in [1.29, 1.82) is 0 Å². The molecule has 0 radical (unpaired) electrons. The topological polar surface area (TPSA) is 139 Å². The lowest BCUT2D eigenvalue weighted by atomic mass is 9.48. The van der Waals surface area contributed by atoms with Gasteiger partial charge in [0, 0.05) is 23.9 Å². The number of carbonyl (C=O) groups is 2. The van der Waals surface area contributed by atoms with E-state index in [0.29, 0.717) is 0 Å². The highest BCUT2D eigenvalue weighted by atomic mass is 35.5. The number of aromatic nitrogens is 1. The van der Waals surface area contributed by atoms with E-state index in [0.717, 1.165) is 18.2 Å². The number of oxazole rings is 1. The van der Waals surface area contributed by atoms with Crippen molar-refractivity contribution >= 4 is 38.9 Å². The van der Waals surface area contributed by atoms with Crippen LogP contribution < -0.4 is 10.6 Å². The molecule has 13 heteroatoms. The van der Waals surface area contributed by atoms with Crippen molar-refractivity contribution in [1.82, 2.24) is 10.3 Å². The second-order valence-corrected chi connectivity index (χ2v) is 12.6. The molecular formula is C26H24ClF2N3O6S. The van der Waals surface area contributed by atoms with Crippen LogP contribution in [-0.4, -0.2) is 47.7 Å².